The zero-order chi connectivity index (χ0) is 14.4. The van der Waals surface area contributed by atoms with Gasteiger partial charge in [-0.15, -0.1) is 0 Å². The smallest absolute Gasteiger partial charge is 0.135 e. The van der Waals surface area contributed by atoms with Crippen LogP contribution in [0.1, 0.15) is 37.9 Å². The van der Waals surface area contributed by atoms with Crippen LogP contribution in [0.5, 0.6) is 0 Å². The minimum atomic E-state index is 0.214. The van der Waals surface area contributed by atoms with E-state index >= 15 is 0 Å². The molecule has 0 saturated heterocycles. The molecule has 106 valence electrons. The Labute approximate surface area is 120 Å². The van der Waals surface area contributed by atoms with Gasteiger partial charge in [0, 0.05) is 18.2 Å². The number of hydrogen-bond donors (Lipinski definition) is 2. The van der Waals surface area contributed by atoms with Gasteiger partial charge in [-0.1, -0.05) is 37.3 Å². The summed E-state index contributed by atoms with van der Waals surface area (Å²) >= 11 is 0. The van der Waals surface area contributed by atoms with E-state index in [4.69, 9.17) is 0 Å². The maximum Gasteiger partial charge on any atom is 0.135 e. The van der Waals surface area contributed by atoms with Gasteiger partial charge in [-0.2, -0.15) is 0 Å². The van der Waals surface area contributed by atoms with Crippen molar-refractivity contribution in [2.75, 3.05) is 17.2 Å². The molecule has 0 bridgehead atoms. The lowest BCUT2D eigenvalue weighted by atomic mass is 10.1. The Bertz CT molecular complexity index is 539. The molecule has 1 heterocycles. The second-order valence-electron chi connectivity index (χ2n) is 4.71. The van der Waals surface area contributed by atoms with Crippen molar-refractivity contribution in [3.8, 4) is 0 Å². The van der Waals surface area contributed by atoms with E-state index in [1.807, 2.05) is 6.07 Å². The Morgan fingerprint density at radius 3 is 2.40 bits per heavy atom. The van der Waals surface area contributed by atoms with Gasteiger partial charge in [0.15, 0.2) is 0 Å². The summed E-state index contributed by atoms with van der Waals surface area (Å²) in [6, 6.07) is 10.6. The molecule has 4 heteroatoms. The molecule has 0 saturated carbocycles. The molecule has 2 rings (SSSR count). The van der Waals surface area contributed by atoms with Gasteiger partial charge in [0.25, 0.3) is 0 Å². The van der Waals surface area contributed by atoms with Crippen molar-refractivity contribution >= 4 is 11.6 Å². The fourth-order valence-corrected chi connectivity index (χ4v) is 2.22. The molecule has 1 aromatic heterocycles. The van der Waals surface area contributed by atoms with E-state index in [9.17, 15) is 0 Å². The van der Waals surface area contributed by atoms with Crippen molar-refractivity contribution in [3.05, 3.63) is 47.8 Å². The standard InChI is InChI=1S/C16H22N4/c1-4-14-15(17-5-2)18-11-19-16(14)20-12(3)13-9-7-6-8-10-13/h6-12H,4-5H2,1-3H3,(H2,17,18,19,20). The van der Waals surface area contributed by atoms with E-state index in [-0.39, 0.29) is 6.04 Å². The molecule has 0 aliphatic rings. The van der Waals surface area contributed by atoms with Crippen molar-refractivity contribution < 1.29 is 0 Å². The Kier molecular flexibility index (Phi) is 4.93. The summed E-state index contributed by atoms with van der Waals surface area (Å²) in [5.74, 6) is 1.84. The first kappa shape index (κ1) is 14.3. The summed E-state index contributed by atoms with van der Waals surface area (Å²) in [6.07, 6.45) is 2.50. The molecule has 0 radical (unpaired) electrons. The number of benzene rings is 1. The molecule has 20 heavy (non-hydrogen) atoms. The maximum atomic E-state index is 4.40. The van der Waals surface area contributed by atoms with Crippen LogP contribution >= 0.6 is 0 Å². The molecular formula is C16H22N4. The number of anilines is 2. The minimum Gasteiger partial charge on any atom is -0.370 e. The molecule has 0 aliphatic heterocycles. The molecule has 2 N–H and O–H groups in total. The molecule has 1 unspecified atom stereocenters. The lowest BCUT2D eigenvalue weighted by Gasteiger charge is -2.18. The van der Waals surface area contributed by atoms with Crippen molar-refractivity contribution in [2.24, 2.45) is 0 Å². The van der Waals surface area contributed by atoms with Crippen molar-refractivity contribution in [3.63, 3.8) is 0 Å². The Hall–Kier alpha value is -2.10. The third-order valence-corrected chi connectivity index (χ3v) is 3.30. The van der Waals surface area contributed by atoms with E-state index in [0.717, 1.165) is 30.2 Å². The number of nitrogens with zero attached hydrogens (tertiary/aromatic N) is 2. The van der Waals surface area contributed by atoms with Gasteiger partial charge in [-0.05, 0) is 25.8 Å². The van der Waals surface area contributed by atoms with E-state index in [2.05, 4.69) is 65.6 Å². The second kappa shape index (κ2) is 6.89. The average Bonchev–Trinajstić information content (AvgIpc) is 2.49. The largest absolute Gasteiger partial charge is 0.370 e. The third kappa shape index (κ3) is 3.26. The van der Waals surface area contributed by atoms with E-state index in [1.54, 1.807) is 6.33 Å². The van der Waals surface area contributed by atoms with Crippen LogP contribution in [0.4, 0.5) is 11.6 Å². The van der Waals surface area contributed by atoms with Gasteiger partial charge >= 0.3 is 0 Å². The molecule has 0 spiro atoms. The summed E-state index contributed by atoms with van der Waals surface area (Å²) in [6.45, 7) is 7.20. The van der Waals surface area contributed by atoms with Crippen molar-refractivity contribution in [2.45, 2.75) is 33.2 Å². The summed E-state index contributed by atoms with van der Waals surface area (Å²) in [4.78, 5) is 8.71. The summed E-state index contributed by atoms with van der Waals surface area (Å²) in [7, 11) is 0. The van der Waals surface area contributed by atoms with Crippen LogP contribution in [-0.4, -0.2) is 16.5 Å². The normalized spacial score (nSPS) is 11.9. The zero-order valence-electron chi connectivity index (χ0n) is 12.4. The zero-order valence-corrected chi connectivity index (χ0v) is 12.4. The molecule has 4 nitrogen and oxygen atoms in total. The predicted molar refractivity (Wildman–Crippen MR) is 84.1 cm³/mol. The Balaban J connectivity index is 2.22. The van der Waals surface area contributed by atoms with Gasteiger partial charge in [0.05, 0.1) is 0 Å². The fourth-order valence-electron chi connectivity index (χ4n) is 2.22. The van der Waals surface area contributed by atoms with E-state index < -0.39 is 0 Å². The first-order chi connectivity index (χ1) is 9.76. The molecule has 0 aliphatic carbocycles. The highest BCUT2D eigenvalue weighted by molar-refractivity contribution is 5.58. The summed E-state index contributed by atoms with van der Waals surface area (Å²) < 4.78 is 0. The number of nitrogens with one attached hydrogen (secondary N) is 2. The molecule has 0 fully saturated rings. The lowest BCUT2D eigenvalue weighted by molar-refractivity contribution is 0.862. The quantitative estimate of drug-likeness (QED) is 0.841. The van der Waals surface area contributed by atoms with E-state index in [0.29, 0.717) is 0 Å². The van der Waals surface area contributed by atoms with Crippen LogP contribution in [0.3, 0.4) is 0 Å². The average molecular weight is 270 g/mol. The van der Waals surface area contributed by atoms with Crippen molar-refractivity contribution in [1.82, 2.24) is 9.97 Å². The molecule has 1 aromatic carbocycles. The molecule has 2 aromatic rings. The summed E-state index contributed by atoms with van der Waals surface area (Å²) in [5.41, 5.74) is 2.38. The second-order valence-corrected chi connectivity index (χ2v) is 4.71. The van der Waals surface area contributed by atoms with Crippen LogP contribution in [0.2, 0.25) is 0 Å². The molecule has 1 atom stereocenters. The predicted octanol–water partition coefficient (Wildman–Crippen LogP) is 3.64. The number of hydrogen-bond acceptors (Lipinski definition) is 4. The SMILES string of the molecule is CCNc1ncnc(NC(C)c2ccccc2)c1CC. The van der Waals surface area contributed by atoms with Gasteiger partial charge in [0.1, 0.15) is 18.0 Å². The van der Waals surface area contributed by atoms with Crippen LogP contribution in [-0.2, 0) is 6.42 Å². The first-order valence-electron chi connectivity index (χ1n) is 7.15. The Morgan fingerprint density at radius 1 is 1.05 bits per heavy atom. The first-order valence-corrected chi connectivity index (χ1v) is 7.15. The van der Waals surface area contributed by atoms with Gasteiger partial charge in [0.2, 0.25) is 0 Å². The Morgan fingerprint density at radius 2 is 1.75 bits per heavy atom. The number of rotatable bonds is 6. The van der Waals surface area contributed by atoms with E-state index in [1.165, 1.54) is 5.56 Å². The summed E-state index contributed by atoms with van der Waals surface area (Å²) in [5, 5.41) is 6.77. The fraction of sp³-hybridized carbons (Fsp3) is 0.375. The van der Waals surface area contributed by atoms with Gasteiger partial charge in [-0.3, -0.25) is 0 Å². The topological polar surface area (TPSA) is 49.8 Å². The van der Waals surface area contributed by atoms with Crippen LogP contribution in [0.25, 0.3) is 0 Å². The maximum absolute atomic E-state index is 4.40. The highest BCUT2D eigenvalue weighted by Crippen LogP contribution is 2.24. The van der Waals surface area contributed by atoms with Crippen LogP contribution < -0.4 is 10.6 Å². The van der Waals surface area contributed by atoms with Crippen LogP contribution in [0.15, 0.2) is 36.7 Å². The van der Waals surface area contributed by atoms with Crippen molar-refractivity contribution in [1.29, 1.82) is 0 Å². The highest BCUT2D eigenvalue weighted by Gasteiger charge is 2.12. The third-order valence-electron chi connectivity index (χ3n) is 3.30. The van der Waals surface area contributed by atoms with Gasteiger partial charge < -0.3 is 10.6 Å². The lowest BCUT2D eigenvalue weighted by Crippen LogP contribution is -2.12. The molecular weight excluding hydrogens is 248 g/mol. The number of aromatic nitrogens is 2. The highest BCUT2D eigenvalue weighted by atomic mass is 15.1. The monoisotopic (exact) mass is 270 g/mol. The van der Waals surface area contributed by atoms with Gasteiger partial charge in [-0.25, -0.2) is 9.97 Å². The minimum absolute atomic E-state index is 0.214. The van der Waals surface area contributed by atoms with Crippen LogP contribution in [0, 0.1) is 0 Å². The molecule has 0 amide bonds.